The molecule has 0 spiro atoms. The summed E-state index contributed by atoms with van der Waals surface area (Å²) in [6.07, 6.45) is 15.0. The number of rotatable bonds is 48. The molecule has 2 aliphatic rings. The van der Waals surface area contributed by atoms with Crippen molar-refractivity contribution >= 4 is 77.4 Å². The summed E-state index contributed by atoms with van der Waals surface area (Å²) >= 11 is 3.15. The van der Waals surface area contributed by atoms with Crippen LogP contribution in [0.25, 0.3) is 0 Å². The first-order chi connectivity index (χ1) is 37.5. The lowest BCUT2D eigenvalue weighted by Gasteiger charge is -2.33. The third-order valence-electron chi connectivity index (χ3n) is 15.1. The van der Waals surface area contributed by atoms with E-state index in [9.17, 15) is 28.8 Å². The predicted octanol–water partition coefficient (Wildman–Crippen LogP) is 9.87. The standard InChI is InChI=1S/C59H110N4O12P2S2/c1-12-73-45(5)47(36-44(4)76)41-71-32-22-28-60-52(64)26-30-62-54(66)37-50(56(62)68)78-34-20-16-14-18-24-49(58(7,8)9)25-19-15-17-21-35-79-51-38-55(67)63(57(51)69)31-27-53(65)61-29-23-33-72-42-48(46(6)74-13-2)39-59(10,77)75-40-43(3)70-11/h43-51H,12-42,76-77H2,1-11H3,(H,60,64)(H,61,65). The van der Waals surface area contributed by atoms with Gasteiger partial charge in [-0.1, -0.05) is 66.2 Å². The van der Waals surface area contributed by atoms with Gasteiger partial charge in [-0.3, -0.25) is 38.6 Å². The van der Waals surface area contributed by atoms with Gasteiger partial charge in [-0.05, 0) is 121 Å². The van der Waals surface area contributed by atoms with Crippen LogP contribution in [0.4, 0.5) is 0 Å². The van der Waals surface area contributed by atoms with Crippen molar-refractivity contribution in [2.45, 2.75) is 225 Å². The van der Waals surface area contributed by atoms with E-state index < -0.39 is 5.34 Å². The topological polar surface area (TPSA) is 188 Å². The lowest BCUT2D eigenvalue weighted by Crippen LogP contribution is -2.36. The Bertz CT molecular complexity index is 1750. The first-order valence-corrected chi connectivity index (χ1v) is 33.4. The fourth-order valence-electron chi connectivity index (χ4n) is 10.1. The zero-order valence-corrected chi connectivity index (χ0v) is 54.8. The largest absolute Gasteiger partial charge is 0.381 e. The smallest absolute Gasteiger partial charge is 0.242 e. The molecule has 2 N–H and O–H groups in total. The molecule has 0 radical (unpaired) electrons. The van der Waals surface area contributed by atoms with Crippen molar-refractivity contribution in [1.29, 1.82) is 0 Å². The minimum Gasteiger partial charge on any atom is -0.381 e. The molecule has 79 heavy (non-hydrogen) atoms. The molecule has 16 nitrogen and oxygen atoms in total. The van der Waals surface area contributed by atoms with Crippen LogP contribution in [0.1, 0.15) is 185 Å². The number of nitrogens with one attached hydrogen (secondary N) is 2. The molecule has 12 unspecified atom stereocenters. The van der Waals surface area contributed by atoms with E-state index in [4.69, 9.17) is 28.4 Å². The zero-order valence-electron chi connectivity index (χ0n) is 50.9. The number of carbonyl (C=O) groups is 6. The van der Waals surface area contributed by atoms with Crippen molar-refractivity contribution in [3.63, 3.8) is 0 Å². The summed E-state index contributed by atoms with van der Waals surface area (Å²) in [5, 5.41) is 4.62. The Morgan fingerprint density at radius 1 is 0.658 bits per heavy atom. The number of methoxy groups -OCH3 is 1. The van der Waals surface area contributed by atoms with E-state index in [1.54, 1.807) is 30.6 Å². The molecule has 0 aliphatic carbocycles. The van der Waals surface area contributed by atoms with Gasteiger partial charge in [-0.25, -0.2) is 0 Å². The van der Waals surface area contributed by atoms with Crippen molar-refractivity contribution in [2.75, 3.05) is 91.0 Å². The SMILES string of the molecule is CCOC(C)C(COCCCNC(=O)CCN1C(=O)CC(SCCCCCCC(CCCCCCSC2CC(=O)N(CCC(=O)NCCCOCC(CC(C)(P)OCC(C)OC)C(C)OCC)C2=O)C(C)(C)C)C1=O)CC(C)P. The monoisotopic (exact) mass is 1190 g/mol. The maximum atomic E-state index is 13.1. The van der Waals surface area contributed by atoms with Crippen molar-refractivity contribution in [2.24, 2.45) is 23.2 Å². The van der Waals surface area contributed by atoms with Crippen LogP contribution in [0.15, 0.2) is 0 Å². The van der Waals surface area contributed by atoms with Gasteiger partial charge in [0.1, 0.15) is 0 Å². The second-order valence-electron chi connectivity index (χ2n) is 23.3. The molecule has 0 bridgehead atoms. The summed E-state index contributed by atoms with van der Waals surface area (Å²) in [6.45, 7) is 26.4. The molecule has 2 rings (SSSR count). The van der Waals surface area contributed by atoms with E-state index >= 15 is 0 Å². The molecular formula is C59H110N4O12P2S2. The molecule has 0 aromatic heterocycles. The second-order valence-corrected chi connectivity index (χ2v) is 28.3. The summed E-state index contributed by atoms with van der Waals surface area (Å²) in [7, 11) is 7.32. The number of ether oxygens (including phenoxy) is 6. The lowest BCUT2D eigenvalue weighted by atomic mass is 9.75. The van der Waals surface area contributed by atoms with Crippen LogP contribution >= 0.6 is 42.0 Å². The molecule has 12 atom stereocenters. The zero-order chi connectivity index (χ0) is 58.8. The van der Waals surface area contributed by atoms with Crippen molar-refractivity contribution in [3.05, 3.63) is 0 Å². The van der Waals surface area contributed by atoms with Crippen LogP contribution in [0, 0.1) is 23.2 Å². The van der Waals surface area contributed by atoms with E-state index in [1.807, 2.05) is 27.7 Å². The van der Waals surface area contributed by atoms with Gasteiger partial charge >= 0.3 is 0 Å². The number of imide groups is 2. The van der Waals surface area contributed by atoms with E-state index in [0.717, 1.165) is 62.9 Å². The average molecular weight is 1190 g/mol. The number of thioether (sulfide) groups is 2. The van der Waals surface area contributed by atoms with Crippen LogP contribution in [-0.4, -0.2) is 176 Å². The van der Waals surface area contributed by atoms with Crippen LogP contribution in [0.2, 0.25) is 0 Å². The van der Waals surface area contributed by atoms with Crippen molar-refractivity contribution in [1.82, 2.24) is 20.4 Å². The molecule has 2 aliphatic heterocycles. The summed E-state index contributed by atoms with van der Waals surface area (Å²) in [5.41, 5.74) is 0.703. The van der Waals surface area contributed by atoms with E-state index in [0.29, 0.717) is 89.7 Å². The molecular weight excluding hydrogens is 1080 g/mol. The highest BCUT2D eigenvalue weighted by atomic mass is 32.2. The van der Waals surface area contributed by atoms with Gasteiger partial charge in [-0.15, -0.1) is 42.0 Å². The number of hydrogen-bond donors (Lipinski definition) is 2. The quantitative estimate of drug-likeness (QED) is 0.0333. The van der Waals surface area contributed by atoms with Gasteiger partial charge in [0.15, 0.2) is 0 Å². The van der Waals surface area contributed by atoms with Gasteiger partial charge in [0.2, 0.25) is 35.4 Å². The molecule has 2 saturated heterocycles. The summed E-state index contributed by atoms with van der Waals surface area (Å²) in [5.74, 6) is 1.65. The highest BCUT2D eigenvalue weighted by Crippen LogP contribution is 2.36. The van der Waals surface area contributed by atoms with E-state index in [1.165, 1.54) is 35.5 Å². The molecule has 460 valence electrons. The van der Waals surface area contributed by atoms with Gasteiger partial charge in [0.05, 0.1) is 54.0 Å². The average Bonchev–Trinajstić information content (AvgIpc) is 3.82. The number of unbranched alkanes of at least 4 members (excludes halogenated alkanes) is 6. The van der Waals surface area contributed by atoms with Gasteiger partial charge in [-0.2, -0.15) is 0 Å². The van der Waals surface area contributed by atoms with Gasteiger partial charge < -0.3 is 39.1 Å². The Hall–Kier alpha value is -1.46. The molecule has 2 heterocycles. The van der Waals surface area contributed by atoms with E-state index in [2.05, 4.69) is 70.7 Å². The summed E-state index contributed by atoms with van der Waals surface area (Å²) < 4.78 is 35.1. The first-order valence-electron chi connectivity index (χ1n) is 30.1. The van der Waals surface area contributed by atoms with Crippen molar-refractivity contribution in [3.8, 4) is 0 Å². The lowest BCUT2D eigenvalue weighted by molar-refractivity contribution is -0.140. The number of nitrogens with zero attached hydrogens (tertiary/aromatic N) is 2. The minimum absolute atomic E-state index is 0.00163. The maximum Gasteiger partial charge on any atom is 0.242 e. The number of likely N-dealkylation sites (tertiary alicyclic amines) is 2. The Morgan fingerprint density at radius 3 is 1.53 bits per heavy atom. The highest BCUT2D eigenvalue weighted by molar-refractivity contribution is 8.00. The Labute approximate surface area is 491 Å². The van der Waals surface area contributed by atoms with Crippen LogP contribution < -0.4 is 10.6 Å². The first kappa shape index (κ1) is 73.6. The number of carbonyl (C=O) groups excluding carboxylic acids is 6. The van der Waals surface area contributed by atoms with Crippen LogP contribution in [0.5, 0.6) is 0 Å². The molecule has 2 fully saturated rings. The molecule has 20 heteroatoms. The molecule has 0 aromatic carbocycles. The normalized spacial score (nSPS) is 19.6. The number of amides is 6. The summed E-state index contributed by atoms with van der Waals surface area (Å²) in [6, 6.07) is 0. The maximum absolute atomic E-state index is 13.1. The summed E-state index contributed by atoms with van der Waals surface area (Å²) in [4.78, 5) is 79.5. The minimum atomic E-state index is -0.453. The number of hydrogen-bond acceptors (Lipinski definition) is 14. The highest BCUT2D eigenvalue weighted by Gasteiger charge is 2.40. The third kappa shape index (κ3) is 31.9. The third-order valence-corrected chi connectivity index (χ3v) is 18.4. The Kier molecular flexibility index (Phi) is 38.7. The van der Waals surface area contributed by atoms with E-state index in [-0.39, 0.29) is 114 Å². The van der Waals surface area contributed by atoms with Crippen molar-refractivity contribution < 1.29 is 57.2 Å². The molecule has 0 saturated carbocycles. The predicted molar refractivity (Wildman–Crippen MR) is 329 cm³/mol. The van der Waals surface area contributed by atoms with Gasteiger partial charge in [0.25, 0.3) is 0 Å². The molecule has 0 aromatic rings. The fraction of sp³-hybridized carbons (Fsp3) is 0.898. The van der Waals surface area contributed by atoms with Crippen LogP contribution in [-0.2, 0) is 57.2 Å². The fourth-order valence-corrected chi connectivity index (χ4v) is 13.2. The second kappa shape index (κ2) is 41.5. The Balaban J connectivity index is 1.55. The molecule has 6 amide bonds. The Morgan fingerprint density at radius 2 is 1.10 bits per heavy atom. The van der Waals surface area contributed by atoms with Crippen LogP contribution in [0.3, 0.4) is 0 Å². The van der Waals surface area contributed by atoms with Gasteiger partial charge in [0, 0.05) is 97.2 Å².